The highest BCUT2D eigenvalue weighted by Crippen LogP contribution is 2.19. The zero-order chi connectivity index (χ0) is 14.5. The molecule has 0 bridgehead atoms. The van der Waals surface area contributed by atoms with E-state index in [-0.39, 0.29) is 0 Å². The molecule has 0 aromatic carbocycles. The van der Waals surface area contributed by atoms with E-state index in [2.05, 4.69) is 48.1 Å². The third-order valence-corrected chi connectivity index (χ3v) is 3.50. The van der Waals surface area contributed by atoms with Crippen LogP contribution in [0, 0.1) is 19.8 Å². The highest BCUT2D eigenvalue weighted by molar-refractivity contribution is 5.31. The Balaban J connectivity index is 2.21. The van der Waals surface area contributed by atoms with Crippen LogP contribution in [0.5, 0.6) is 0 Å². The number of nitrogens with one attached hydrogen (secondary N) is 1. The first-order chi connectivity index (χ1) is 9.63. The van der Waals surface area contributed by atoms with E-state index >= 15 is 0 Å². The summed E-state index contributed by atoms with van der Waals surface area (Å²) in [6, 6.07) is 0. The van der Waals surface area contributed by atoms with E-state index in [1.807, 2.05) is 4.68 Å². The number of aromatic nitrogens is 4. The normalized spacial score (nSPS) is 12.6. The molecule has 1 atom stereocenters. The molecule has 2 aromatic rings. The van der Waals surface area contributed by atoms with Gasteiger partial charge in [0.2, 0.25) is 0 Å². The number of hydrogen-bond donors (Lipinski definition) is 1. The molecule has 1 N–H and O–H groups in total. The maximum absolute atomic E-state index is 4.61. The fourth-order valence-electron chi connectivity index (χ4n) is 2.41. The highest BCUT2D eigenvalue weighted by Gasteiger charge is 2.15. The van der Waals surface area contributed by atoms with Crippen LogP contribution in [0.2, 0.25) is 0 Å². The Morgan fingerprint density at radius 3 is 2.75 bits per heavy atom. The Hall–Kier alpha value is -1.75. The molecule has 0 amide bonds. The lowest BCUT2D eigenvalue weighted by molar-refractivity contribution is 0.519. The van der Waals surface area contributed by atoms with Crippen LogP contribution in [0.15, 0.2) is 18.6 Å². The van der Waals surface area contributed by atoms with Crippen LogP contribution in [-0.2, 0) is 6.42 Å². The number of nitrogens with zero attached hydrogens (tertiary/aromatic N) is 4. The van der Waals surface area contributed by atoms with Crippen LogP contribution in [0.3, 0.4) is 0 Å². The Morgan fingerprint density at radius 1 is 1.30 bits per heavy atom. The highest BCUT2D eigenvalue weighted by atomic mass is 15.3. The number of hydrogen-bond acceptors (Lipinski definition) is 4. The van der Waals surface area contributed by atoms with E-state index in [1.54, 1.807) is 18.6 Å². The van der Waals surface area contributed by atoms with Gasteiger partial charge in [0.1, 0.15) is 0 Å². The quantitative estimate of drug-likeness (QED) is 0.875. The number of aryl methyl sites for hydroxylation is 1. The van der Waals surface area contributed by atoms with Crippen molar-refractivity contribution in [1.82, 2.24) is 25.1 Å². The van der Waals surface area contributed by atoms with Gasteiger partial charge < -0.3 is 5.32 Å². The van der Waals surface area contributed by atoms with Gasteiger partial charge in [0, 0.05) is 18.1 Å². The van der Waals surface area contributed by atoms with Gasteiger partial charge >= 0.3 is 0 Å². The van der Waals surface area contributed by atoms with Crippen molar-refractivity contribution in [3.8, 4) is 5.82 Å². The first-order valence-corrected chi connectivity index (χ1v) is 7.15. The van der Waals surface area contributed by atoms with Crippen LogP contribution >= 0.6 is 0 Å². The van der Waals surface area contributed by atoms with E-state index in [0.29, 0.717) is 5.92 Å². The molecule has 0 aliphatic heterocycles. The van der Waals surface area contributed by atoms with E-state index in [1.165, 1.54) is 5.56 Å². The van der Waals surface area contributed by atoms with Crippen molar-refractivity contribution in [3.05, 3.63) is 35.5 Å². The van der Waals surface area contributed by atoms with Gasteiger partial charge in [-0.05, 0) is 44.8 Å². The van der Waals surface area contributed by atoms with Crippen LogP contribution < -0.4 is 5.32 Å². The Kier molecular flexibility index (Phi) is 4.84. The lowest BCUT2D eigenvalue weighted by Gasteiger charge is -2.12. The monoisotopic (exact) mass is 273 g/mol. The van der Waals surface area contributed by atoms with Crippen molar-refractivity contribution in [3.63, 3.8) is 0 Å². The molecule has 0 radical (unpaired) electrons. The minimum atomic E-state index is 0.590. The minimum Gasteiger partial charge on any atom is -0.317 e. The standard InChI is InChI=1S/C15H23N5/c1-5-16-9-11(2)8-14-12(3)19-20(13(14)4)15-10-17-6-7-18-15/h6-7,10-11,16H,5,8-9H2,1-4H3. The molecule has 1 unspecified atom stereocenters. The summed E-state index contributed by atoms with van der Waals surface area (Å²) in [5.74, 6) is 1.37. The predicted molar refractivity (Wildman–Crippen MR) is 80.0 cm³/mol. The van der Waals surface area contributed by atoms with Crippen molar-refractivity contribution >= 4 is 0 Å². The molecule has 108 valence electrons. The summed E-state index contributed by atoms with van der Waals surface area (Å²) in [5.41, 5.74) is 3.56. The largest absolute Gasteiger partial charge is 0.317 e. The second kappa shape index (κ2) is 6.61. The smallest absolute Gasteiger partial charge is 0.172 e. The molecule has 2 rings (SSSR count). The molecule has 0 fully saturated rings. The molecule has 2 heterocycles. The first kappa shape index (κ1) is 14.7. The van der Waals surface area contributed by atoms with E-state index < -0.39 is 0 Å². The predicted octanol–water partition coefficient (Wildman–Crippen LogP) is 2.07. The van der Waals surface area contributed by atoms with Crippen LogP contribution in [0.25, 0.3) is 5.82 Å². The van der Waals surface area contributed by atoms with Crippen molar-refractivity contribution in [1.29, 1.82) is 0 Å². The van der Waals surface area contributed by atoms with E-state index in [9.17, 15) is 0 Å². The Morgan fingerprint density at radius 2 is 2.10 bits per heavy atom. The molecule has 20 heavy (non-hydrogen) atoms. The third kappa shape index (κ3) is 3.22. The van der Waals surface area contributed by atoms with Crippen molar-refractivity contribution in [2.75, 3.05) is 13.1 Å². The molecule has 0 spiro atoms. The molecule has 0 aliphatic carbocycles. The average molecular weight is 273 g/mol. The van der Waals surface area contributed by atoms with Gasteiger partial charge in [0.05, 0.1) is 11.9 Å². The van der Waals surface area contributed by atoms with Crippen molar-refractivity contribution < 1.29 is 0 Å². The minimum absolute atomic E-state index is 0.590. The maximum Gasteiger partial charge on any atom is 0.172 e. The summed E-state index contributed by atoms with van der Waals surface area (Å²) >= 11 is 0. The summed E-state index contributed by atoms with van der Waals surface area (Å²) in [6.07, 6.45) is 6.14. The lowest BCUT2D eigenvalue weighted by Crippen LogP contribution is -2.22. The molecule has 5 heteroatoms. The molecule has 0 saturated heterocycles. The Bertz CT molecular complexity index is 547. The summed E-state index contributed by atoms with van der Waals surface area (Å²) in [6.45, 7) is 10.6. The first-order valence-electron chi connectivity index (χ1n) is 7.15. The molecule has 0 aliphatic rings. The number of rotatable bonds is 6. The summed E-state index contributed by atoms with van der Waals surface area (Å²) in [7, 11) is 0. The van der Waals surface area contributed by atoms with Crippen molar-refractivity contribution in [2.45, 2.75) is 34.1 Å². The van der Waals surface area contributed by atoms with Crippen molar-refractivity contribution in [2.24, 2.45) is 5.92 Å². The Labute approximate surface area is 120 Å². The van der Waals surface area contributed by atoms with E-state index in [4.69, 9.17) is 0 Å². The SMILES string of the molecule is CCNCC(C)Cc1c(C)nn(-c2cnccn2)c1C. The van der Waals surface area contributed by atoms with Gasteiger partial charge in [-0.3, -0.25) is 4.98 Å². The summed E-state index contributed by atoms with van der Waals surface area (Å²) in [5, 5.41) is 8.00. The lowest BCUT2D eigenvalue weighted by atomic mass is 9.99. The van der Waals surface area contributed by atoms with E-state index in [0.717, 1.165) is 36.7 Å². The molecule has 0 saturated carbocycles. The van der Waals surface area contributed by atoms with Gasteiger partial charge in [-0.2, -0.15) is 5.10 Å². The summed E-state index contributed by atoms with van der Waals surface area (Å²) < 4.78 is 1.89. The topological polar surface area (TPSA) is 55.6 Å². The van der Waals surface area contributed by atoms with Crippen LogP contribution in [0.1, 0.15) is 30.8 Å². The van der Waals surface area contributed by atoms with Crippen LogP contribution in [0.4, 0.5) is 0 Å². The second-order valence-corrected chi connectivity index (χ2v) is 5.24. The molecular weight excluding hydrogens is 250 g/mol. The molecule has 2 aromatic heterocycles. The van der Waals surface area contributed by atoms with Gasteiger partial charge in [0.25, 0.3) is 0 Å². The molecular formula is C15H23N5. The van der Waals surface area contributed by atoms with Gasteiger partial charge in [-0.25, -0.2) is 9.67 Å². The van der Waals surface area contributed by atoms with Gasteiger partial charge in [-0.15, -0.1) is 0 Å². The second-order valence-electron chi connectivity index (χ2n) is 5.24. The van der Waals surface area contributed by atoms with Gasteiger partial charge in [-0.1, -0.05) is 13.8 Å². The third-order valence-electron chi connectivity index (χ3n) is 3.50. The fraction of sp³-hybridized carbons (Fsp3) is 0.533. The summed E-state index contributed by atoms with van der Waals surface area (Å²) in [4.78, 5) is 8.43. The average Bonchev–Trinajstić information content (AvgIpc) is 2.74. The zero-order valence-electron chi connectivity index (χ0n) is 12.7. The maximum atomic E-state index is 4.61. The fourth-order valence-corrected chi connectivity index (χ4v) is 2.41. The molecule has 5 nitrogen and oxygen atoms in total. The van der Waals surface area contributed by atoms with Crippen LogP contribution in [-0.4, -0.2) is 32.8 Å². The zero-order valence-corrected chi connectivity index (χ0v) is 12.7. The van der Waals surface area contributed by atoms with Gasteiger partial charge in [0.15, 0.2) is 5.82 Å².